The van der Waals surface area contributed by atoms with Gasteiger partial charge in [0, 0.05) is 18.5 Å². The van der Waals surface area contributed by atoms with Crippen LogP contribution in [0.4, 0.5) is 9.18 Å². The third-order valence-corrected chi connectivity index (χ3v) is 3.50. The first-order valence-electron chi connectivity index (χ1n) is 7.16. The average Bonchev–Trinajstić information content (AvgIpc) is 2.43. The number of nitrogens with one attached hydrogen (secondary N) is 2. The van der Waals surface area contributed by atoms with Crippen molar-refractivity contribution in [1.82, 2.24) is 10.6 Å². The van der Waals surface area contributed by atoms with Gasteiger partial charge < -0.3 is 15.7 Å². The molecule has 1 rings (SSSR count). The summed E-state index contributed by atoms with van der Waals surface area (Å²) in [6.07, 6.45) is -0.491. The van der Waals surface area contributed by atoms with E-state index in [1.54, 1.807) is 12.1 Å². The molecule has 0 aliphatic carbocycles. The zero-order chi connectivity index (χ0) is 16.0. The lowest BCUT2D eigenvalue weighted by atomic mass is 9.81. The topological polar surface area (TPSA) is 61.4 Å². The van der Waals surface area contributed by atoms with E-state index in [1.165, 1.54) is 12.1 Å². The molecule has 1 aromatic carbocycles. The summed E-state index contributed by atoms with van der Waals surface area (Å²) in [7, 11) is 0. The first-order valence-corrected chi connectivity index (χ1v) is 7.16. The summed E-state index contributed by atoms with van der Waals surface area (Å²) >= 11 is 0. The van der Waals surface area contributed by atoms with Gasteiger partial charge in [-0.2, -0.15) is 0 Å². The van der Waals surface area contributed by atoms with E-state index in [-0.39, 0.29) is 17.8 Å². The minimum absolute atomic E-state index is 0.129. The van der Waals surface area contributed by atoms with Crippen molar-refractivity contribution in [1.29, 1.82) is 0 Å². The normalized spacial score (nSPS) is 13.1. The van der Waals surface area contributed by atoms with Crippen LogP contribution in [0, 0.1) is 17.2 Å². The van der Waals surface area contributed by atoms with Crippen molar-refractivity contribution < 1.29 is 14.3 Å². The summed E-state index contributed by atoms with van der Waals surface area (Å²) in [5, 5.41) is 15.6. The summed E-state index contributed by atoms with van der Waals surface area (Å²) in [4.78, 5) is 11.7. The van der Waals surface area contributed by atoms with Crippen LogP contribution in [-0.4, -0.2) is 23.8 Å². The Labute approximate surface area is 125 Å². The van der Waals surface area contributed by atoms with Gasteiger partial charge in [0.2, 0.25) is 0 Å². The Morgan fingerprint density at radius 1 is 1.24 bits per heavy atom. The van der Waals surface area contributed by atoms with Crippen molar-refractivity contribution in [3.8, 4) is 0 Å². The van der Waals surface area contributed by atoms with Gasteiger partial charge in [0.25, 0.3) is 0 Å². The van der Waals surface area contributed by atoms with Gasteiger partial charge in [-0.15, -0.1) is 0 Å². The molecule has 1 unspecified atom stereocenters. The van der Waals surface area contributed by atoms with Crippen LogP contribution in [0.15, 0.2) is 24.3 Å². The summed E-state index contributed by atoms with van der Waals surface area (Å²) in [6, 6.07) is 5.67. The molecule has 1 atom stereocenters. The molecule has 0 radical (unpaired) electrons. The molecule has 0 bridgehead atoms. The van der Waals surface area contributed by atoms with Gasteiger partial charge in [-0.05, 0) is 23.6 Å². The number of halogens is 1. The molecule has 0 aliphatic heterocycles. The van der Waals surface area contributed by atoms with Gasteiger partial charge >= 0.3 is 6.03 Å². The molecule has 0 saturated carbocycles. The first kappa shape index (κ1) is 17.4. The number of amides is 2. The van der Waals surface area contributed by atoms with Crippen LogP contribution in [0.25, 0.3) is 0 Å². The zero-order valence-electron chi connectivity index (χ0n) is 13.1. The monoisotopic (exact) mass is 296 g/mol. The Hall–Kier alpha value is -1.62. The SMILES string of the molecule is CC(C)C(O)C(C)(C)CNC(=O)NCc1ccc(F)cc1. The maximum atomic E-state index is 12.8. The van der Waals surface area contributed by atoms with E-state index in [0.717, 1.165) is 5.56 Å². The second-order valence-electron chi connectivity index (χ2n) is 6.34. The smallest absolute Gasteiger partial charge is 0.315 e. The lowest BCUT2D eigenvalue weighted by molar-refractivity contribution is 0.0151. The number of urea groups is 1. The standard InChI is InChI=1S/C16H25FN2O2/c1-11(2)14(20)16(3,4)10-19-15(21)18-9-12-5-7-13(17)8-6-12/h5-8,11,14,20H,9-10H2,1-4H3,(H2,18,19,21). The molecule has 0 heterocycles. The predicted octanol–water partition coefficient (Wildman–Crippen LogP) is 2.67. The van der Waals surface area contributed by atoms with Crippen molar-refractivity contribution in [3.05, 3.63) is 35.6 Å². The molecule has 0 aliphatic rings. The number of benzene rings is 1. The van der Waals surface area contributed by atoms with Gasteiger partial charge in [-0.1, -0.05) is 39.8 Å². The third-order valence-electron chi connectivity index (χ3n) is 3.50. The Balaban J connectivity index is 2.39. The largest absolute Gasteiger partial charge is 0.392 e. The first-order chi connectivity index (χ1) is 9.72. The average molecular weight is 296 g/mol. The summed E-state index contributed by atoms with van der Waals surface area (Å²) < 4.78 is 12.8. The molecule has 0 fully saturated rings. The third kappa shape index (κ3) is 5.71. The number of aliphatic hydroxyl groups excluding tert-OH is 1. The van der Waals surface area contributed by atoms with E-state index in [1.807, 2.05) is 27.7 Å². The predicted molar refractivity (Wildman–Crippen MR) is 81.3 cm³/mol. The molecule has 118 valence electrons. The van der Waals surface area contributed by atoms with E-state index in [0.29, 0.717) is 13.1 Å². The number of carbonyl (C=O) groups is 1. The molecular weight excluding hydrogens is 271 g/mol. The highest BCUT2D eigenvalue weighted by molar-refractivity contribution is 5.73. The van der Waals surface area contributed by atoms with Gasteiger partial charge in [0.05, 0.1) is 6.10 Å². The van der Waals surface area contributed by atoms with Crippen molar-refractivity contribution in [2.75, 3.05) is 6.54 Å². The maximum absolute atomic E-state index is 12.8. The van der Waals surface area contributed by atoms with Crippen molar-refractivity contribution >= 4 is 6.03 Å². The van der Waals surface area contributed by atoms with Crippen LogP contribution in [0.1, 0.15) is 33.3 Å². The molecule has 4 nitrogen and oxygen atoms in total. The maximum Gasteiger partial charge on any atom is 0.315 e. The zero-order valence-corrected chi connectivity index (χ0v) is 13.1. The number of hydrogen-bond donors (Lipinski definition) is 3. The Morgan fingerprint density at radius 3 is 2.33 bits per heavy atom. The summed E-state index contributed by atoms with van der Waals surface area (Å²) in [5.41, 5.74) is 0.425. The highest BCUT2D eigenvalue weighted by atomic mass is 19.1. The fourth-order valence-electron chi connectivity index (χ4n) is 2.16. The molecule has 5 heteroatoms. The van der Waals surface area contributed by atoms with E-state index < -0.39 is 11.5 Å². The molecule has 1 aromatic rings. The van der Waals surface area contributed by atoms with E-state index in [9.17, 15) is 14.3 Å². The highest BCUT2D eigenvalue weighted by Crippen LogP contribution is 2.24. The lowest BCUT2D eigenvalue weighted by Crippen LogP contribution is -2.46. The molecule has 0 saturated heterocycles. The minimum Gasteiger partial charge on any atom is -0.392 e. The van der Waals surface area contributed by atoms with Crippen molar-refractivity contribution in [2.45, 2.75) is 40.3 Å². The molecule has 3 N–H and O–H groups in total. The number of hydrogen-bond acceptors (Lipinski definition) is 2. The minimum atomic E-state index is -0.491. The fourth-order valence-corrected chi connectivity index (χ4v) is 2.16. The van der Waals surface area contributed by atoms with E-state index >= 15 is 0 Å². The van der Waals surface area contributed by atoms with Gasteiger partial charge in [0.15, 0.2) is 0 Å². The second kappa shape index (κ2) is 7.41. The van der Waals surface area contributed by atoms with Gasteiger partial charge in [-0.3, -0.25) is 0 Å². The summed E-state index contributed by atoms with van der Waals surface area (Å²) in [5.74, 6) is -0.170. The van der Waals surface area contributed by atoms with Crippen LogP contribution in [0.2, 0.25) is 0 Å². The van der Waals surface area contributed by atoms with Gasteiger partial charge in [0.1, 0.15) is 5.82 Å². The van der Waals surface area contributed by atoms with Crippen molar-refractivity contribution in [2.24, 2.45) is 11.3 Å². The van der Waals surface area contributed by atoms with Crippen LogP contribution in [-0.2, 0) is 6.54 Å². The molecular formula is C16H25FN2O2. The molecule has 0 aromatic heterocycles. The fraction of sp³-hybridized carbons (Fsp3) is 0.562. The van der Waals surface area contributed by atoms with E-state index in [2.05, 4.69) is 10.6 Å². The second-order valence-corrected chi connectivity index (χ2v) is 6.34. The van der Waals surface area contributed by atoms with Crippen molar-refractivity contribution in [3.63, 3.8) is 0 Å². The van der Waals surface area contributed by atoms with Crippen LogP contribution >= 0.6 is 0 Å². The summed E-state index contributed by atoms with van der Waals surface area (Å²) in [6.45, 7) is 8.43. The lowest BCUT2D eigenvalue weighted by Gasteiger charge is -2.33. The molecule has 21 heavy (non-hydrogen) atoms. The Morgan fingerprint density at radius 2 is 1.81 bits per heavy atom. The quantitative estimate of drug-likeness (QED) is 0.756. The Bertz CT molecular complexity index is 458. The number of aliphatic hydroxyl groups is 1. The van der Waals surface area contributed by atoms with Gasteiger partial charge in [-0.25, -0.2) is 9.18 Å². The van der Waals surface area contributed by atoms with Crippen LogP contribution < -0.4 is 10.6 Å². The van der Waals surface area contributed by atoms with Crippen LogP contribution in [0.3, 0.4) is 0 Å². The Kier molecular flexibility index (Phi) is 6.15. The van der Waals surface area contributed by atoms with E-state index in [4.69, 9.17) is 0 Å². The molecule has 2 amide bonds. The highest BCUT2D eigenvalue weighted by Gasteiger charge is 2.30. The number of rotatable bonds is 6. The van der Waals surface area contributed by atoms with Crippen LogP contribution in [0.5, 0.6) is 0 Å². The molecule has 0 spiro atoms. The number of carbonyl (C=O) groups excluding carboxylic acids is 1.